The van der Waals surface area contributed by atoms with Crippen LogP contribution in [0.3, 0.4) is 0 Å². The minimum Gasteiger partial charge on any atom is -0.622 e. The standard InChI is InChI=1S/C9H15N5O2S2/c1-6-11-12-8(18-6)14(15)5-13(3)4-7(14)16-9(17)10-2/h7H,4-5H2,1-3H3,(H,10,17). The molecule has 1 aliphatic rings. The minimum absolute atomic E-state index is 0.217. The van der Waals surface area contributed by atoms with Crippen LogP contribution >= 0.6 is 23.6 Å². The number of thiocarbonyl (C=S) groups is 1. The smallest absolute Gasteiger partial charge is 0.310 e. The summed E-state index contributed by atoms with van der Waals surface area (Å²) in [5, 5.41) is 24.8. The summed E-state index contributed by atoms with van der Waals surface area (Å²) in [6.45, 7) is 2.61. The lowest BCUT2D eigenvalue weighted by atomic mass is 10.5. The summed E-state index contributed by atoms with van der Waals surface area (Å²) in [5.74, 6) is 0. The molecule has 7 nitrogen and oxygen atoms in total. The van der Waals surface area contributed by atoms with Crippen LogP contribution in [-0.2, 0) is 4.74 Å². The number of hydroxylamine groups is 2. The highest BCUT2D eigenvalue weighted by Gasteiger charge is 2.44. The van der Waals surface area contributed by atoms with Gasteiger partial charge in [0.2, 0.25) is 0 Å². The molecule has 0 aromatic carbocycles. The molecule has 0 aliphatic carbocycles. The van der Waals surface area contributed by atoms with E-state index in [1.807, 2.05) is 18.9 Å². The average Bonchev–Trinajstić information content (AvgIpc) is 2.85. The summed E-state index contributed by atoms with van der Waals surface area (Å²) in [4.78, 5) is 1.90. The van der Waals surface area contributed by atoms with Crippen molar-refractivity contribution >= 4 is 33.9 Å². The molecule has 0 saturated carbocycles. The van der Waals surface area contributed by atoms with E-state index < -0.39 is 10.9 Å². The number of nitrogens with one attached hydrogen (secondary N) is 1. The molecule has 2 atom stereocenters. The largest absolute Gasteiger partial charge is 0.622 e. The van der Waals surface area contributed by atoms with Crippen LogP contribution in [0.2, 0.25) is 0 Å². The Morgan fingerprint density at radius 3 is 2.94 bits per heavy atom. The van der Waals surface area contributed by atoms with E-state index in [2.05, 4.69) is 15.5 Å². The zero-order valence-corrected chi connectivity index (χ0v) is 12.0. The highest BCUT2D eigenvalue weighted by Crippen LogP contribution is 2.33. The second-order valence-corrected chi connectivity index (χ2v) is 5.72. The highest BCUT2D eigenvalue weighted by molar-refractivity contribution is 7.80. The predicted molar refractivity (Wildman–Crippen MR) is 73.8 cm³/mol. The number of ether oxygens (including phenoxy) is 1. The Labute approximate surface area is 115 Å². The Bertz CT molecular complexity index is 454. The van der Waals surface area contributed by atoms with Crippen LogP contribution in [0.4, 0.5) is 5.13 Å². The normalized spacial score (nSPS) is 28.3. The third kappa shape index (κ3) is 2.45. The van der Waals surface area contributed by atoms with Gasteiger partial charge in [0.05, 0.1) is 6.54 Å². The number of hydrogen-bond donors (Lipinski definition) is 1. The van der Waals surface area contributed by atoms with Crippen LogP contribution in [0.15, 0.2) is 0 Å². The van der Waals surface area contributed by atoms with Gasteiger partial charge in [-0.15, -0.1) is 5.10 Å². The molecule has 9 heteroatoms. The second-order valence-electron chi connectivity index (χ2n) is 4.19. The van der Waals surface area contributed by atoms with Crippen LogP contribution in [0.1, 0.15) is 5.01 Å². The Morgan fingerprint density at radius 2 is 2.39 bits per heavy atom. The molecule has 100 valence electrons. The molecule has 1 fully saturated rings. The number of likely N-dealkylation sites (N-methyl/N-ethyl adjacent to an activating group) is 1. The predicted octanol–water partition coefficient (Wildman–Crippen LogP) is 0.402. The molecule has 2 rings (SSSR count). The third-order valence-electron chi connectivity index (χ3n) is 2.67. The second kappa shape index (κ2) is 5.02. The molecule has 18 heavy (non-hydrogen) atoms. The van der Waals surface area contributed by atoms with E-state index in [-0.39, 0.29) is 11.8 Å². The topological polar surface area (TPSA) is 73.3 Å². The van der Waals surface area contributed by atoms with Crippen molar-refractivity contribution in [2.45, 2.75) is 13.2 Å². The molecule has 0 spiro atoms. The van der Waals surface area contributed by atoms with Gasteiger partial charge in [0.25, 0.3) is 11.4 Å². The van der Waals surface area contributed by atoms with Gasteiger partial charge in [-0.05, 0) is 37.5 Å². The number of quaternary nitrogens is 1. The highest BCUT2D eigenvalue weighted by atomic mass is 32.1. The monoisotopic (exact) mass is 289 g/mol. The van der Waals surface area contributed by atoms with Crippen molar-refractivity contribution < 1.29 is 4.74 Å². The summed E-state index contributed by atoms with van der Waals surface area (Å²) in [6, 6.07) is 0. The lowest BCUT2D eigenvalue weighted by molar-refractivity contribution is 0.0962. The molecule has 1 aromatic heterocycles. The zero-order chi connectivity index (χ0) is 13.3. The first-order valence-corrected chi connectivity index (χ1v) is 6.64. The summed E-state index contributed by atoms with van der Waals surface area (Å²) >= 11 is 6.25. The molecule has 1 saturated heterocycles. The maximum Gasteiger partial charge on any atom is 0.310 e. The van der Waals surface area contributed by atoms with E-state index >= 15 is 0 Å². The van der Waals surface area contributed by atoms with E-state index in [0.29, 0.717) is 11.7 Å². The van der Waals surface area contributed by atoms with Crippen LogP contribution in [0.25, 0.3) is 0 Å². The van der Waals surface area contributed by atoms with E-state index in [0.717, 1.165) is 5.01 Å². The van der Waals surface area contributed by atoms with Crippen molar-refractivity contribution in [2.24, 2.45) is 0 Å². The van der Waals surface area contributed by atoms with Crippen molar-refractivity contribution in [3.8, 4) is 0 Å². The van der Waals surface area contributed by atoms with Gasteiger partial charge in [-0.25, -0.2) is 4.90 Å². The van der Waals surface area contributed by atoms with Gasteiger partial charge in [-0.1, -0.05) is 5.10 Å². The van der Waals surface area contributed by atoms with Gasteiger partial charge in [-0.2, -0.15) is 0 Å². The first kappa shape index (κ1) is 13.6. The van der Waals surface area contributed by atoms with E-state index in [1.54, 1.807) is 7.05 Å². The fraction of sp³-hybridized carbons (Fsp3) is 0.667. The van der Waals surface area contributed by atoms with Gasteiger partial charge < -0.3 is 15.3 Å². The molecule has 2 unspecified atom stereocenters. The lowest BCUT2D eigenvalue weighted by Gasteiger charge is -2.38. The Morgan fingerprint density at radius 1 is 1.67 bits per heavy atom. The van der Waals surface area contributed by atoms with Gasteiger partial charge in [0, 0.05) is 7.05 Å². The molecule has 2 heterocycles. The number of aromatic nitrogens is 2. The van der Waals surface area contributed by atoms with Crippen LogP contribution in [-0.4, -0.2) is 53.8 Å². The summed E-state index contributed by atoms with van der Waals surface area (Å²) in [7, 11) is 3.53. The van der Waals surface area contributed by atoms with Gasteiger partial charge >= 0.3 is 5.13 Å². The molecule has 1 N–H and O–H groups in total. The quantitative estimate of drug-likeness (QED) is 0.480. The Kier molecular flexibility index (Phi) is 3.78. The molecule has 1 aliphatic heterocycles. The molecule has 0 radical (unpaired) electrons. The van der Waals surface area contributed by atoms with Gasteiger partial charge in [-0.3, -0.25) is 4.65 Å². The maximum atomic E-state index is 12.9. The fourth-order valence-corrected chi connectivity index (χ4v) is 2.70. The van der Waals surface area contributed by atoms with Crippen molar-refractivity contribution in [3.05, 3.63) is 10.2 Å². The van der Waals surface area contributed by atoms with Crippen molar-refractivity contribution in [3.63, 3.8) is 0 Å². The van der Waals surface area contributed by atoms with Crippen molar-refractivity contribution in [2.75, 3.05) is 27.3 Å². The SMILES string of the molecule is CNC(=S)OC1CN(C)C[N+]1([O-])c1nnc(C)s1. The number of hydrogen-bond acceptors (Lipinski definition) is 7. The summed E-state index contributed by atoms with van der Waals surface area (Å²) in [6.07, 6.45) is -0.609. The van der Waals surface area contributed by atoms with E-state index in [1.165, 1.54) is 11.3 Å². The zero-order valence-electron chi connectivity index (χ0n) is 10.4. The van der Waals surface area contributed by atoms with Crippen molar-refractivity contribution in [1.82, 2.24) is 25.1 Å². The number of aryl methyl sites for hydroxylation is 1. The molecular weight excluding hydrogens is 274 g/mol. The summed E-state index contributed by atoms with van der Waals surface area (Å²) < 4.78 is 4.82. The summed E-state index contributed by atoms with van der Waals surface area (Å²) in [5.41, 5.74) is 0. The molecule has 0 bridgehead atoms. The van der Waals surface area contributed by atoms with Gasteiger partial charge in [0.15, 0.2) is 0 Å². The molecule has 1 aromatic rings. The lowest BCUT2D eigenvalue weighted by Crippen LogP contribution is -2.51. The van der Waals surface area contributed by atoms with Gasteiger partial charge in [0.1, 0.15) is 11.7 Å². The average molecular weight is 289 g/mol. The fourth-order valence-electron chi connectivity index (χ4n) is 1.83. The Hall–Kier alpha value is -0.870. The third-order valence-corrected chi connectivity index (χ3v) is 3.92. The molecule has 0 amide bonds. The maximum absolute atomic E-state index is 12.9. The molecular formula is C9H15N5O2S2. The van der Waals surface area contributed by atoms with Crippen LogP contribution < -0.4 is 9.96 Å². The van der Waals surface area contributed by atoms with E-state index in [4.69, 9.17) is 17.0 Å². The Balaban J connectivity index is 2.25. The first-order valence-electron chi connectivity index (χ1n) is 5.42. The van der Waals surface area contributed by atoms with Crippen LogP contribution in [0, 0.1) is 12.1 Å². The van der Waals surface area contributed by atoms with Crippen molar-refractivity contribution in [1.29, 1.82) is 0 Å². The van der Waals surface area contributed by atoms with Crippen LogP contribution in [0.5, 0.6) is 0 Å². The van der Waals surface area contributed by atoms with E-state index in [9.17, 15) is 5.21 Å². The number of rotatable bonds is 2. The number of nitrogens with zero attached hydrogens (tertiary/aromatic N) is 4. The minimum atomic E-state index is -0.663. The first-order chi connectivity index (χ1) is 8.45.